The van der Waals surface area contributed by atoms with Crippen LogP contribution in [0.1, 0.15) is 24.9 Å². The predicted molar refractivity (Wildman–Crippen MR) is 78.4 cm³/mol. The van der Waals surface area contributed by atoms with E-state index in [1.54, 1.807) is 28.4 Å². The Bertz CT molecular complexity index is 393. The number of nitrogens with one attached hydrogen (secondary N) is 1. The third-order valence-electron chi connectivity index (χ3n) is 3.12. The van der Waals surface area contributed by atoms with Gasteiger partial charge in [0.05, 0.1) is 20.3 Å². The van der Waals surface area contributed by atoms with Gasteiger partial charge in [0.2, 0.25) is 0 Å². The molecule has 1 unspecified atom stereocenters. The Kier molecular flexibility index (Phi) is 7.36. The molecule has 0 heterocycles. The van der Waals surface area contributed by atoms with E-state index in [0.29, 0.717) is 0 Å². The van der Waals surface area contributed by atoms with Crippen molar-refractivity contribution in [2.45, 2.75) is 25.7 Å². The molecule has 0 spiro atoms. The van der Waals surface area contributed by atoms with Crippen LogP contribution in [0.2, 0.25) is 0 Å². The summed E-state index contributed by atoms with van der Waals surface area (Å²) in [5.41, 5.74) is 0.953. The molecule has 0 bridgehead atoms. The first kappa shape index (κ1) is 16.8. The summed E-state index contributed by atoms with van der Waals surface area (Å²) in [7, 11) is 6.55. The van der Waals surface area contributed by atoms with Crippen LogP contribution in [0.3, 0.4) is 0 Å². The van der Waals surface area contributed by atoms with Gasteiger partial charge < -0.3 is 24.3 Å². The summed E-state index contributed by atoms with van der Waals surface area (Å²) in [6.07, 6.45) is 0.616. The van der Waals surface area contributed by atoms with Gasteiger partial charge in [0, 0.05) is 19.8 Å². The number of ether oxygens (including phenoxy) is 4. The summed E-state index contributed by atoms with van der Waals surface area (Å²) in [6, 6.07) is 5.57. The molecule has 0 fully saturated rings. The van der Waals surface area contributed by atoms with Crippen LogP contribution in [-0.2, 0) is 9.47 Å². The summed E-state index contributed by atoms with van der Waals surface area (Å²) in [5.74, 6) is 1.55. The van der Waals surface area contributed by atoms with Crippen molar-refractivity contribution in [3.05, 3.63) is 23.8 Å². The molecule has 114 valence electrons. The minimum Gasteiger partial charge on any atom is -0.497 e. The van der Waals surface area contributed by atoms with Gasteiger partial charge in [-0.2, -0.15) is 0 Å². The molecule has 1 aromatic carbocycles. The van der Waals surface area contributed by atoms with Gasteiger partial charge in [0.25, 0.3) is 0 Å². The molecule has 0 saturated heterocycles. The lowest BCUT2D eigenvalue weighted by Crippen LogP contribution is -2.35. The Morgan fingerprint density at radius 3 is 2.25 bits per heavy atom. The molecular formula is C15H25NO4. The van der Waals surface area contributed by atoms with E-state index in [9.17, 15) is 0 Å². The topological polar surface area (TPSA) is 49.0 Å². The smallest absolute Gasteiger partial charge is 0.176 e. The number of rotatable bonds is 9. The van der Waals surface area contributed by atoms with E-state index in [-0.39, 0.29) is 6.04 Å². The number of methoxy groups -OCH3 is 4. The second-order valence-electron chi connectivity index (χ2n) is 4.38. The van der Waals surface area contributed by atoms with E-state index in [2.05, 4.69) is 12.2 Å². The van der Waals surface area contributed by atoms with Crippen molar-refractivity contribution in [1.29, 1.82) is 0 Å². The summed E-state index contributed by atoms with van der Waals surface area (Å²) in [4.78, 5) is 0. The van der Waals surface area contributed by atoms with Crippen molar-refractivity contribution in [3.63, 3.8) is 0 Å². The molecule has 5 nitrogen and oxygen atoms in total. The van der Waals surface area contributed by atoms with E-state index < -0.39 is 6.29 Å². The highest BCUT2D eigenvalue weighted by Gasteiger charge is 2.25. The third-order valence-corrected chi connectivity index (χ3v) is 3.12. The zero-order chi connectivity index (χ0) is 15.0. The quantitative estimate of drug-likeness (QED) is 0.705. The lowest BCUT2D eigenvalue weighted by Gasteiger charge is -2.27. The minimum atomic E-state index is -0.400. The molecule has 0 aliphatic rings. The first-order chi connectivity index (χ1) is 9.71. The van der Waals surface area contributed by atoms with Crippen molar-refractivity contribution in [1.82, 2.24) is 5.32 Å². The SMILES string of the molecule is CCCNC(c1cc(OC)ccc1OC)C(OC)OC. The highest BCUT2D eigenvalue weighted by atomic mass is 16.7. The standard InChI is InChI=1S/C15H25NO4/c1-6-9-16-14(15(19-4)20-5)12-10-11(17-2)7-8-13(12)18-3/h7-8,10,14-16H,6,9H2,1-5H3. The Balaban J connectivity index is 3.15. The fraction of sp³-hybridized carbons (Fsp3) is 0.600. The monoisotopic (exact) mass is 283 g/mol. The fourth-order valence-corrected chi connectivity index (χ4v) is 2.10. The van der Waals surface area contributed by atoms with E-state index in [0.717, 1.165) is 30.0 Å². The van der Waals surface area contributed by atoms with Gasteiger partial charge in [0.1, 0.15) is 11.5 Å². The normalized spacial score (nSPS) is 12.5. The van der Waals surface area contributed by atoms with Crippen LogP contribution in [0.4, 0.5) is 0 Å². The molecular weight excluding hydrogens is 258 g/mol. The maximum Gasteiger partial charge on any atom is 0.176 e. The molecule has 0 aliphatic carbocycles. The zero-order valence-corrected chi connectivity index (χ0v) is 12.9. The van der Waals surface area contributed by atoms with Gasteiger partial charge >= 0.3 is 0 Å². The van der Waals surface area contributed by atoms with Crippen molar-refractivity contribution >= 4 is 0 Å². The minimum absolute atomic E-state index is 0.130. The Morgan fingerprint density at radius 2 is 1.75 bits per heavy atom. The number of hydrogen-bond acceptors (Lipinski definition) is 5. The lowest BCUT2D eigenvalue weighted by atomic mass is 10.0. The van der Waals surface area contributed by atoms with Crippen LogP contribution >= 0.6 is 0 Å². The average Bonchev–Trinajstić information content (AvgIpc) is 2.50. The first-order valence-electron chi connectivity index (χ1n) is 6.72. The Hall–Kier alpha value is -1.30. The van der Waals surface area contributed by atoms with Gasteiger partial charge in [-0.15, -0.1) is 0 Å². The largest absolute Gasteiger partial charge is 0.497 e. The lowest BCUT2D eigenvalue weighted by molar-refractivity contribution is -0.124. The van der Waals surface area contributed by atoms with Crippen LogP contribution in [0.15, 0.2) is 18.2 Å². The van der Waals surface area contributed by atoms with Crippen molar-refractivity contribution in [2.75, 3.05) is 35.0 Å². The molecule has 0 radical (unpaired) electrons. The second-order valence-corrected chi connectivity index (χ2v) is 4.38. The molecule has 0 aliphatic heterocycles. The van der Waals surface area contributed by atoms with Crippen molar-refractivity contribution in [2.24, 2.45) is 0 Å². The third kappa shape index (κ3) is 4.10. The van der Waals surface area contributed by atoms with Gasteiger partial charge in [-0.1, -0.05) is 6.92 Å². The van der Waals surface area contributed by atoms with E-state index in [4.69, 9.17) is 18.9 Å². The molecule has 0 amide bonds. The molecule has 20 heavy (non-hydrogen) atoms. The highest BCUT2D eigenvalue weighted by molar-refractivity contribution is 5.42. The van der Waals surface area contributed by atoms with Gasteiger partial charge in [-0.05, 0) is 31.2 Å². The highest BCUT2D eigenvalue weighted by Crippen LogP contribution is 2.32. The second kappa shape index (κ2) is 8.79. The number of hydrogen-bond donors (Lipinski definition) is 1. The van der Waals surface area contributed by atoms with Gasteiger partial charge in [0.15, 0.2) is 6.29 Å². The van der Waals surface area contributed by atoms with Crippen molar-refractivity contribution in [3.8, 4) is 11.5 Å². The molecule has 1 atom stereocenters. The average molecular weight is 283 g/mol. The molecule has 1 N–H and O–H groups in total. The maximum absolute atomic E-state index is 5.44. The molecule has 1 rings (SSSR count). The number of benzene rings is 1. The molecule has 5 heteroatoms. The van der Waals surface area contributed by atoms with Crippen LogP contribution in [0.25, 0.3) is 0 Å². The zero-order valence-electron chi connectivity index (χ0n) is 12.9. The first-order valence-corrected chi connectivity index (χ1v) is 6.72. The van der Waals surface area contributed by atoms with Crippen LogP contribution in [0.5, 0.6) is 11.5 Å². The summed E-state index contributed by atoms with van der Waals surface area (Å²) in [6.45, 7) is 2.97. The van der Waals surface area contributed by atoms with E-state index in [1.807, 2.05) is 18.2 Å². The van der Waals surface area contributed by atoms with Crippen LogP contribution < -0.4 is 14.8 Å². The van der Waals surface area contributed by atoms with E-state index >= 15 is 0 Å². The summed E-state index contributed by atoms with van der Waals surface area (Å²) >= 11 is 0. The molecule has 1 aromatic rings. The Labute approximate surface area is 121 Å². The van der Waals surface area contributed by atoms with Gasteiger partial charge in [-0.3, -0.25) is 0 Å². The van der Waals surface area contributed by atoms with Crippen LogP contribution in [-0.4, -0.2) is 41.3 Å². The van der Waals surface area contributed by atoms with Gasteiger partial charge in [-0.25, -0.2) is 0 Å². The van der Waals surface area contributed by atoms with E-state index in [1.165, 1.54) is 0 Å². The van der Waals surface area contributed by atoms with Crippen LogP contribution in [0, 0.1) is 0 Å². The summed E-state index contributed by atoms with van der Waals surface area (Å²) < 4.78 is 21.5. The van der Waals surface area contributed by atoms with Crippen molar-refractivity contribution < 1.29 is 18.9 Å². The molecule has 0 saturated carbocycles. The predicted octanol–water partition coefficient (Wildman–Crippen LogP) is 2.36. The molecule has 0 aromatic heterocycles. The maximum atomic E-state index is 5.44. The summed E-state index contributed by atoms with van der Waals surface area (Å²) in [5, 5.41) is 3.43. The fourth-order valence-electron chi connectivity index (χ4n) is 2.10. The Morgan fingerprint density at radius 1 is 1.05 bits per heavy atom.